The van der Waals surface area contributed by atoms with Crippen LogP contribution in [0.4, 0.5) is 0 Å². The molecule has 1 atom stereocenters. The van der Waals surface area contributed by atoms with E-state index in [1.165, 1.54) is 0 Å². The number of halogens is 2. The third kappa shape index (κ3) is 2.31. The number of rotatable bonds is 2. The maximum atomic E-state index is 5.92. The Labute approximate surface area is 90.9 Å². The number of hydrogen-bond acceptors (Lipinski definition) is 2. The molecule has 0 fully saturated rings. The minimum absolute atomic E-state index is 0.250. The van der Waals surface area contributed by atoms with Crippen molar-refractivity contribution in [3.63, 3.8) is 0 Å². The monoisotopic (exact) mass is 296 g/mol. The van der Waals surface area contributed by atoms with Crippen molar-refractivity contribution in [1.82, 2.24) is 10.3 Å². The third-order valence-corrected chi connectivity index (χ3v) is 2.64. The van der Waals surface area contributed by atoms with E-state index in [-0.39, 0.29) is 6.04 Å². The van der Waals surface area contributed by atoms with Crippen molar-refractivity contribution in [1.29, 1.82) is 0 Å². The van der Waals surface area contributed by atoms with Crippen molar-refractivity contribution >= 4 is 34.2 Å². The summed E-state index contributed by atoms with van der Waals surface area (Å²) in [6, 6.07) is 2.29. The van der Waals surface area contributed by atoms with Crippen LogP contribution >= 0.6 is 34.2 Å². The summed E-state index contributed by atoms with van der Waals surface area (Å²) < 4.78 is 1.11. The number of nitrogens with one attached hydrogen (secondary N) is 1. The normalized spacial score (nSPS) is 13.0. The Kier molecular flexibility index (Phi) is 3.74. The Bertz CT molecular complexity index is 278. The van der Waals surface area contributed by atoms with Gasteiger partial charge >= 0.3 is 0 Å². The Morgan fingerprint density at radius 3 is 2.92 bits per heavy atom. The van der Waals surface area contributed by atoms with Gasteiger partial charge in [0.1, 0.15) is 5.15 Å². The molecule has 0 aromatic carbocycles. The molecule has 1 rings (SSSR count). The fourth-order valence-electron chi connectivity index (χ4n) is 0.897. The molecule has 66 valence electrons. The minimum Gasteiger partial charge on any atom is -0.313 e. The van der Waals surface area contributed by atoms with E-state index in [0.29, 0.717) is 5.15 Å². The maximum Gasteiger partial charge on any atom is 0.133 e. The van der Waals surface area contributed by atoms with Crippen LogP contribution in [0.3, 0.4) is 0 Å². The predicted octanol–water partition coefficient (Wildman–Crippen LogP) is 2.62. The topological polar surface area (TPSA) is 24.9 Å². The molecule has 4 heteroatoms. The average molecular weight is 297 g/mol. The van der Waals surface area contributed by atoms with Gasteiger partial charge in [0.2, 0.25) is 0 Å². The molecule has 12 heavy (non-hydrogen) atoms. The van der Waals surface area contributed by atoms with Gasteiger partial charge in [-0.15, -0.1) is 0 Å². The van der Waals surface area contributed by atoms with Gasteiger partial charge in [-0.3, -0.25) is 0 Å². The van der Waals surface area contributed by atoms with Gasteiger partial charge in [-0.05, 0) is 42.6 Å². The lowest BCUT2D eigenvalue weighted by Gasteiger charge is -2.11. The van der Waals surface area contributed by atoms with E-state index in [4.69, 9.17) is 11.6 Å². The standard InChI is InChI=1S/C8H10ClIN2/c1-5(11-2)7-3-6(10)4-12-8(7)9/h3-5,11H,1-2H3/t5-/m1/s1. The first-order valence-corrected chi connectivity index (χ1v) is 5.09. The molecule has 0 aliphatic carbocycles. The maximum absolute atomic E-state index is 5.92. The van der Waals surface area contributed by atoms with Gasteiger partial charge in [-0.25, -0.2) is 4.98 Å². The highest BCUT2D eigenvalue weighted by atomic mass is 127. The summed E-state index contributed by atoms with van der Waals surface area (Å²) >= 11 is 8.14. The van der Waals surface area contributed by atoms with Crippen molar-refractivity contribution in [2.45, 2.75) is 13.0 Å². The molecular formula is C8H10ClIN2. The summed E-state index contributed by atoms with van der Waals surface area (Å²) in [5.74, 6) is 0. The van der Waals surface area contributed by atoms with Gasteiger partial charge in [0.05, 0.1) is 0 Å². The van der Waals surface area contributed by atoms with Gasteiger partial charge in [-0.1, -0.05) is 11.6 Å². The van der Waals surface area contributed by atoms with Gasteiger partial charge in [0, 0.05) is 21.4 Å². The number of nitrogens with zero attached hydrogens (tertiary/aromatic N) is 1. The molecule has 0 amide bonds. The molecule has 0 spiro atoms. The van der Waals surface area contributed by atoms with E-state index in [0.717, 1.165) is 9.13 Å². The summed E-state index contributed by atoms with van der Waals surface area (Å²) in [6.07, 6.45) is 1.76. The highest BCUT2D eigenvalue weighted by Gasteiger charge is 2.08. The lowest BCUT2D eigenvalue weighted by Crippen LogP contribution is -2.13. The van der Waals surface area contributed by atoms with Crippen molar-refractivity contribution in [3.05, 3.63) is 26.5 Å². The highest BCUT2D eigenvalue weighted by Crippen LogP contribution is 2.21. The van der Waals surface area contributed by atoms with Crippen molar-refractivity contribution in [2.24, 2.45) is 0 Å². The van der Waals surface area contributed by atoms with Crippen molar-refractivity contribution in [3.8, 4) is 0 Å². The summed E-state index contributed by atoms with van der Waals surface area (Å²) in [5, 5.41) is 3.70. The van der Waals surface area contributed by atoms with Gasteiger partial charge in [-0.2, -0.15) is 0 Å². The van der Waals surface area contributed by atoms with E-state index < -0.39 is 0 Å². The zero-order chi connectivity index (χ0) is 9.14. The fourth-order valence-corrected chi connectivity index (χ4v) is 1.64. The van der Waals surface area contributed by atoms with Gasteiger partial charge < -0.3 is 5.32 Å². The Hall–Kier alpha value is 0.130. The van der Waals surface area contributed by atoms with E-state index >= 15 is 0 Å². The average Bonchev–Trinajstić information content (AvgIpc) is 2.08. The molecule has 0 aliphatic heterocycles. The van der Waals surface area contributed by atoms with Gasteiger partial charge in [0.25, 0.3) is 0 Å². The molecule has 0 unspecified atom stereocenters. The largest absolute Gasteiger partial charge is 0.313 e. The van der Waals surface area contributed by atoms with E-state index in [1.807, 2.05) is 13.1 Å². The van der Waals surface area contributed by atoms with E-state index in [9.17, 15) is 0 Å². The molecule has 0 saturated carbocycles. The molecule has 0 radical (unpaired) electrons. The van der Waals surface area contributed by atoms with Crippen LogP contribution in [-0.2, 0) is 0 Å². The Morgan fingerprint density at radius 2 is 2.33 bits per heavy atom. The molecule has 0 aliphatic rings. The van der Waals surface area contributed by atoms with Crippen LogP contribution in [-0.4, -0.2) is 12.0 Å². The second kappa shape index (κ2) is 4.39. The number of hydrogen-bond donors (Lipinski definition) is 1. The molecule has 1 N–H and O–H groups in total. The van der Waals surface area contributed by atoms with E-state index in [2.05, 4.69) is 39.8 Å². The van der Waals surface area contributed by atoms with Gasteiger partial charge in [0.15, 0.2) is 0 Å². The fraction of sp³-hybridized carbons (Fsp3) is 0.375. The minimum atomic E-state index is 0.250. The number of pyridine rings is 1. The first-order valence-electron chi connectivity index (χ1n) is 3.63. The SMILES string of the molecule is CN[C@H](C)c1cc(I)cnc1Cl. The molecule has 1 aromatic rings. The smallest absolute Gasteiger partial charge is 0.133 e. The Morgan fingerprint density at radius 1 is 1.67 bits per heavy atom. The summed E-state index contributed by atoms with van der Waals surface area (Å²) in [7, 11) is 1.90. The number of aromatic nitrogens is 1. The van der Waals surface area contributed by atoms with Crippen LogP contribution < -0.4 is 5.32 Å². The quantitative estimate of drug-likeness (QED) is 0.670. The summed E-state index contributed by atoms with van der Waals surface area (Å²) in [6.45, 7) is 2.05. The van der Waals surface area contributed by atoms with Crippen molar-refractivity contribution < 1.29 is 0 Å². The lowest BCUT2D eigenvalue weighted by atomic mass is 10.1. The highest BCUT2D eigenvalue weighted by molar-refractivity contribution is 14.1. The summed E-state index contributed by atoms with van der Waals surface area (Å²) in [5.41, 5.74) is 1.05. The van der Waals surface area contributed by atoms with E-state index in [1.54, 1.807) is 6.20 Å². The third-order valence-electron chi connectivity index (χ3n) is 1.73. The molecule has 0 bridgehead atoms. The first kappa shape index (κ1) is 10.2. The molecule has 1 aromatic heterocycles. The van der Waals surface area contributed by atoms with Crippen LogP contribution in [0, 0.1) is 3.57 Å². The van der Waals surface area contributed by atoms with Crippen LogP contribution in [0.5, 0.6) is 0 Å². The molecule has 0 saturated heterocycles. The van der Waals surface area contributed by atoms with Crippen molar-refractivity contribution in [2.75, 3.05) is 7.05 Å². The second-order valence-corrected chi connectivity index (χ2v) is 4.15. The molecule has 1 heterocycles. The zero-order valence-electron chi connectivity index (χ0n) is 6.94. The van der Waals surface area contributed by atoms with Crippen LogP contribution in [0.25, 0.3) is 0 Å². The van der Waals surface area contributed by atoms with Crippen LogP contribution in [0.1, 0.15) is 18.5 Å². The second-order valence-electron chi connectivity index (χ2n) is 2.54. The van der Waals surface area contributed by atoms with Crippen LogP contribution in [0.2, 0.25) is 5.15 Å². The predicted molar refractivity (Wildman–Crippen MR) is 59.4 cm³/mol. The molecule has 2 nitrogen and oxygen atoms in total. The summed E-state index contributed by atoms with van der Waals surface area (Å²) in [4.78, 5) is 4.07. The zero-order valence-corrected chi connectivity index (χ0v) is 9.85. The first-order chi connectivity index (χ1) is 5.65. The molecular weight excluding hydrogens is 286 g/mol. The van der Waals surface area contributed by atoms with Crippen LogP contribution in [0.15, 0.2) is 12.3 Å². The Balaban J connectivity index is 3.04. The lowest BCUT2D eigenvalue weighted by molar-refractivity contribution is 0.649.